The summed E-state index contributed by atoms with van der Waals surface area (Å²) in [4.78, 5) is 2.32. The third-order valence-electron chi connectivity index (χ3n) is 4.36. The van der Waals surface area contributed by atoms with Crippen LogP contribution in [0.3, 0.4) is 0 Å². The molecular formula is C20H25NO4. The molecule has 0 aliphatic carbocycles. The van der Waals surface area contributed by atoms with Crippen LogP contribution in [0, 0.1) is 0 Å². The molecule has 2 aromatic rings. The van der Waals surface area contributed by atoms with Crippen LogP contribution < -0.4 is 18.9 Å². The lowest BCUT2D eigenvalue weighted by Gasteiger charge is -2.31. The number of fused-ring (bicyclic) bond motifs is 1. The van der Waals surface area contributed by atoms with Crippen molar-refractivity contribution in [2.45, 2.75) is 19.6 Å². The average Bonchev–Trinajstić information content (AvgIpc) is 2.67. The van der Waals surface area contributed by atoms with E-state index in [9.17, 15) is 0 Å². The largest absolute Gasteiger partial charge is 0.497 e. The molecule has 1 aliphatic heterocycles. The van der Waals surface area contributed by atoms with Crippen molar-refractivity contribution in [2.75, 3.05) is 33.9 Å². The molecule has 1 unspecified atom stereocenters. The van der Waals surface area contributed by atoms with Crippen LogP contribution >= 0.6 is 0 Å². The Kier molecular flexibility index (Phi) is 5.66. The number of para-hydroxylation sites is 2. The summed E-state index contributed by atoms with van der Waals surface area (Å²) in [6.07, 6.45) is 0.00597. The second-order valence-corrected chi connectivity index (χ2v) is 6.00. The molecule has 0 saturated carbocycles. The molecule has 0 radical (unpaired) electrons. The first-order valence-electron chi connectivity index (χ1n) is 8.55. The third kappa shape index (κ3) is 4.17. The summed E-state index contributed by atoms with van der Waals surface area (Å²) in [7, 11) is 3.37. The summed E-state index contributed by atoms with van der Waals surface area (Å²) in [6.45, 7) is 5.15. The van der Waals surface area contributed by atoms with Crippen LogP contribution in [0.4, 0.5) is 0 Å². The smallest absolute Gasteiger partial charge is 0.161 e. The van der Waals surface area contributed by atoms with Crippen LogP contribution in [0.2, 0.25) is 0 Å². The molecule has 134 valence electrons. The van der Waals surface area contributed by atoms with Gasteiger partial charge >= 0.3 is 0 Å². The van der Waals surface area contributed by atoms with Crippen LogP contribution in [0.25, 0.3) is 0 Å². The minimum atomic E-state index is 0.00597. The number of nitrogens with zero attached hydrogens (tertiary/aromatic N) is 1. The molecular weight excluding hydrogens is 318 g/mol. The molecule has 0 saturated heterocycles. The van der Waals surface area contributed by atoms with Crippen molar-refractivity contribution in [3.8, 4) is 23.0 Å². The molecule has 1 heterocycles. The number of hydrogen-bond donors (Lipinski definition) is 0. The van der Waals surface area contributed by atoms with E-state index < -0.39 is 0 Å². The van der Waals surface area contributed by atoms with E-state index in [2.05, 4.69) is 11.8 Å². The fraction of sp³-hybridized carbons (Fsp3) is 0.400. The Morgan fingerprint density at radius 3 is 2.60 bits per heavy atom. The van der Waals surface area contributed by atoms with E-state index in [1.165, 1.54) is 0 Å². The fourth-order valence-corrected chi connectivity index (χ4v) is 2.99. The zero-order chi connectivity index (χ0) is 17.6. The molecule has 0 amide bonds. The van der Waals surface area contributed by atoms with Crippen molar-refractivity contribution < 1.29 is 18.9 Å². The monoisotopic (exact) mass is 343 g/mol. The summed E-state index contributed by atoms with van der Waals surface area (Å²) in [5.41, 5.74) is 1.10. The summed E-state index contributed by atoms with van der Waals surface area (Å²) >= 11 is 0. The SMILES string of the molecule is CCN(Cc1cc(OC)ccc1OC)CC1COc2ccccc2O1. The van der Waals surface area contributed by atoms with Crippen molar-refractivity contribution in [2.24, 2.45) is 0 Å². The minimum Gasteiger partial charge on any atom is -0.497 e. The molecule has 0 aromatic heterocycles. The molecule has 1 aliphatic rings. The van der Waals surface area contributed by atoms with Crippen LogP contribution in [0.5, 0.6) is 23.0 Å². The number of likely N-dealkylation sites (N-methyl/N-ethyl adjacent to an activating group) is 1. The summed E-state index contributed by atoms with van der Waals surface area (Å²) < 4.78 is 22.7. The zero-order valence-electron chi connectivity index (χ0n) is 15.0. The van der Waals surface area contributed by atoms with Gasteiger partial charge in [-0.3, -0.25) is 4.90 Å². The van der Waals surface area contributed by atoms with Gasteiger partial charge in [0.2, 0.25) is 0 Å². The molecule has 25 heavy (non-hydrogen) atoms. The number of hydrogen-bond acceptors (Lipinski definition) is 5. The van der Waals surface area contributed by atoms with Crippen LogP contribution in [0.15, 0.2) is 42.5 Å². The molecule has 0 fully saturated rings. The van der Waals surface area contributed by atoms with Crippen LogP contribution in [-0.2, 0) is 6.54 Å². The highest BCUT2D eigenvalue weighted by molar-refractivity contribution is 5.41. The zero-order valence-corrected chi connectivity index (χ0v) is 15.0. The van der Waals surface area contributed by atoms with Crippen LogP contribution in [-0.4, -0.2) is 44.9 Å². The van der Waals surface area contributed by atoms with Gasteiger partial charge in [0, 0.05) is 18.7 Å². The number of ether oxygens (including phenoxy) is 4. The molecule has 2 aromatic carbocycles. The summed E-state index contributed by atoms with van der Waals surface area (Å²) in [5.74, 6) is 3.33. The number of benzene rings is 2. The number of methoxy groups -OCH3 is 2. The molecule has 3 rings (SSSR count). The number of rotatable bonds is 7. The quantitative estimate of drug-likeness (QED) is 0.771. The van der Waals surface area contributed by atoms with Gasteiger partial charge in [-0.15, -0.1) is 0 Å². The molecule has 5 nitrogen and oxygen atoms in total. The normalized spacial score (nSPS) is 15.9. The van der Waals surface area contributed by atoms with Crippen molar-refractivity contribution in [3.05, 3.63) is 48.0 Å². The van der Waals surface area contributed by atoms with Crippen LogP contribution in [0.1, 0.15) is 12.5 Å². The van der Waals surface area contributed by atoms with Gasteiger partial charge in [0.15, 0.2) is 11.5 Å². The lowest BCUT2D eigenvalue weighted by Crippen LogP contribution is -2.40. The summed E-state index contributed by atoms with van der Waals surface area (Å²) in [6, 6.07) is 13.7. The predicted molar refractivity (Wildman–Crippen MR) is 96.9 cm³/mol. The maximum Gasteiger partial charge on any atom is 0.161 e. The Balaban J connectivity index is 1.68. The molecule has 0 bridgehead atoms. The molecule has 0 spiro atoms. The van der Waals surface area contributed by atoms with Gasteiger partial charge < -0.3 is 18.9 Å². The standard InChI is InChI=1S/C20H25NO4/c1-4-21(12-15-11-16(22-2)9-10-18(15)23-3)13-17-14-24-19-7-5-6-8-20(19)25-17/h5-11,17H,4,12-14H2,1-3H3. The van der Waals surface area contributed by atoms with E-state index in [1.807, 2.05) is 42.5 Å². The first kappa shape index (κ1) is 17.4. The van der Waals surface area contributed by atoms with Gasteiger partial charge in [-0.05, 0) is 36.9 Å². The Morgan fingerprint density at radius 2 is 1.88 bits per heavy atom. The topological polar surface area (TPSA) is 40.2 Å². The predicted octanol–water partition coefficient (Wildman–Crippen LogP) is 3.37. The van der Waals surface area contributed by atoms with E-state index in [-0.39, 0.29) is 6.10 Å². The summed E-state index contributed by atoms with van der Waals surface area (Å²) in [5, 5.41) is 0. The highest BCUT2D eigenvalue weighted by Gasteiger charge is 2.23. The fourth-order valence-electron chi connectivity index (χ4n) is 2.99. The van der Waals surface area contributed by atoms with E-state index in [1.54, 1.807) is 14.2 Å². The molecule has 0 N–H and O–H groups in total. The van der Waals surface area contributed by atoms with Gasteiger partial charge in [0.1, 0.15) is 24.2 Å². The van der Waals surface area contributed by atoms with Gasteiger partial charge in [-0.1, -0.05) is 19.1 Å². The lowest BCUT2D eigenvalue weighted by molar-refractivity contribution is 0.0578. The second kappa shape index (κ2) is 8.12. The third-order valence-corrected chi connectivity index (χ3v) is 4.36. The second-order valence-electron chi connectivity index (χ2n) is 6.00. The lowest BCUT2D eigenvalue weighted by atomic mass is 10.1. The van der Waals surface area contributed by atoms with Gasteiger partial charge in [-0.25, -0.2) is 0 Å². The van der Waals surface area contributed by atoms with E-state index in [0.717, 1.165) is 48.2 Å². The Labute approximate surface area is 149 Å². The van der Waals surface area contributed by atoms with Gasteiger partial charge in [0.25, 0.3) is 0 Å². The van der Waals surface area contributed by atoms with Crippen molar-refractivity contribution >= 4 is 0 Å². The highest BCUT2D eigenvalue weighted by Crippen LogP contribution is 2.31. The highest BCUT2D eigenvalue weighted by atomic mass is 16.6. The Bertz CT molecular complexity index is 704. The maximum absolute atomic E-state index is 6.08. The van der Waals surface area contributed by atoms with E-state index in [4.69, 9.17) is 18.9 Å². The Morgan fingerprint density at radius 1 is 1.08 bits per heavy atom. The molecule has 1 atom stereocenters. The van der Waals surface area contributed by atoms with E-state index in [0.29, 0.717) is 6.61 Å². The van der Waals surface area contributed by atoms with Crippen molar-refractivity contribution in [3.63, 3.8) is 0 Å². The minimum absolute atomic E-state index is 0.00597. The first-order chi connectivity index (χ1) is 12.2. The maximum atomic E-state index is 6.08. The Hall–Kier alpha value is -2.40. The van der Waals surface area contributed by atoms with Crippen molar-refractivity contribution in [1.82, 2.24) is 4.90 Å². The van der Waals surface area contributed by atoms with E-state index >= 15 is 0 Å². The van der Waals surface area contributed by atoms with Gasteiger partial charge in [-0.2, -0.15) is 0 Å². The average molecular weight is 343 g/mol. The molecule has 5 heteroatoms. The first-order valence-corrected chi connectivity index (χ1v) is 8.55. The van der Waals surface area contributed by atoms with Crippen molar-refractivity contribution in [1.29, 1.82) is 0 Å². The van der Waals surface area contributed by atoms with Gasteiger partial charge in [0.05, 0.1) is 14.2 Å².